The van der Waals surface area contributed by atoms with E-state index in [1.54, 1.807) is 0 Å². The molecular formula is C9H17NOS. The van der Waals surface area contributed by atoms with Crippen LogP contribution in [0.2, 0.25) is 0 Å². The van der Waals surface area contributed by atoms with Crippen LogP contribution in [0.5, 0.6) is 0 Å². The number of morpholine rings is 1. The van der Waals surface area contributed by atoms with Crippen molar-refractivity contribution in [1.29, 1.82) is 0 Å². The molecule has 2 bridgehead atoms. The fraction of sp³-hybridized carbons (Fsp3) is 1.00. The molecule has 12 heavy (non-hydrogen) atoms. The summed E-state index contributed by atoms with van der Waals surface area (Å²) >= 11 is 1.95. The van der Waals surface area contributed by atoms with Crippen molar-refractivity contribution in [1.82, 2.24) is 4.90 Å². The van der Waals surface area contributed by atoms with E-state index in [-0.39, 0.29) is 0 Å². The molecule has 0 aromatic heterocycles. The lowest BCUT2D eigenvalue weighted by molar-refractivity contribution is 0.0309. The average Bonchev–Trinajstić information content (AvgIpc) is 2.65. The molecule has 0 aromatic carbocycles. The maximum atomic E-state index is 5.54. The molecular weight excluding hydrogens is 170 g/mol. The van der Waals surface area contributed by atoms with Gasteiger partial charge in [-0.1, -0.05) is 0 Å². The minimum absolute atomic E-state index is 0.573. The Labute approximate surface area is 78.6 Å². The molecule has 2 rings (SSSR count). The van der Waals surface area contributed by atoms with Crippen LogP contribution in [0.15, 0.2) is 0 Å². The van der Waals surface area contributed by atoms with Gasteiger partial charge in [0.2, 0.25) is 0 Å². The molecule has 2 aliphatic heterocycles. The van der Waals surface area contributed by atoms with Crippen LogP contribution in [0.3, 0.4) is 0 Å². The van der Waals surface area contributed by atoms with Crippen molar-refractivity contribution < 1.29 is 4.74 Å². The van der Waals surface area contributed by atoms with Crippen LogP contribution in [-0.4, -0.2) is 48.8 Å². The smallest absolute Gasteiger partial charge is 0.0718 e. The zero-order valence-corrected chi connectivity index (χ0v) is 8.48. The molecule has 2 fully saturated rings. The van der Waals surface area contributed by atoms with Crippen molar-refractivity contribution in [2.24, 2.45) is 0 Å². The molecule has 2 saturated heterocycles. The van der Waals surface area contributed by atoms with Gasteiger partial charge in [-0.25, -0.2) is 0 Å². The van der Waals surface area contributed by atoms with E-state index in [1.165, 1.54) is 31.7 Å². The highest BCUT2D eigenvalue weighted by molar-refractivity contribution is 7.98. The Balaban J connectivity index is 1.69. The van der Waals surface area contributed by atoms with Gasteiger partial charge in [0.15, 0.2) is 0 Å². The Morgan fingerprint density at radius 2 is 2.50 bits per heavy atom. The summed E-state index contributed by atoms with van der Waals surface area (Å²) in [7, 11) is 0. The summed E-state index contributed by atoms with van der Waals surface area (Å²) in [4.78, 5) is 2.60. The van der Waals surface area contributed by atoms with Gasteiger partial charge in [-0.05, 0) is 31.4 Å². The number of ether oxygens (including phenoxy) is 1. The summed E-state index contributed by atoms with van der Waals surface area (Å²) in [6.45, 7) is 3.47. The van der Waals surface area contributed by atoms with Crippen molar-refractivity contribution >= 4 is 11.8 Å². The minimum Gasteiger partial charge on any atom is -0.375 e. The number of likely N-dealkylation sites (tertiary alicyclic amines) is 1. The molecule has 0 radical (unpaired) electrons. The van der Waals surface area contributed by atoms with Gasteiger partial charge >= 0.3 is 0 Å². The summed E-state index contributed by atoms with van der Waals surface area (Å²) in [5.41, 5.74) is 0. The van der Waals surface area contributed by atoms with Crippen molar-refractivity contribution in [3.8, 4) is 0 Å². The first-order chi connectivity index (χ1) is 5.90. The maximum Gasteiger partial charge on any atom is 0.0718 e. The fourth-order valence-electron chi connectivity index (χ4n) is 2.16. The summed E-state index contributed by atoms with van der Waals surface area (Å²) in [6, 6.07) is 0.761. The Morgan fingerprint density at radius 1 is 1.58 bits per heavy atom. The predicted octanol–water partition coefficient (Wildman–Crippen LogP) is 1.21. The Morgan fingerprint density at radius 3 is 3.08 bits per heavy atom. The maximum absolute atomic E-state index is 5.54. The minimum atomic E-state index is 0.573. The van der Waals surface area contributed by atoms with Gasteiger partial charge in [0.25, 0.3) is 0 Å². The van der Waals surface area contributed by atoms with E-state index >= 15 is 0 Å². The van der Waals surface area contributed by atoms with Gasteiger partial charge in [-0.3, -0.25) is 4.90 Å². The van der Waals surface area contributed by atoms with Crippen LogP contribution < -0.4 is 0 Å². The normalized spacial score (nSPS) is 34.8. The molecule has 70 valence electrons. The molecule has 0 amide bonds. The Bertz CT molecular complexity index is 153. The summed E-state index contributed by atoms with van der Waals surface area (Å²) in [5, 5.41) is 0. The number of hydrogen-bond donors (Lipinski definition) is 0. The molecule has 0 spiro atoms. The second-order valence-corrected chi connectivity index (χ2v) is 4.67. The van der Waals surface area contributed by atoms with E-state index < -0.39 is 0 Å². The largest absolute Gasteiger partial charge is 0.375 e. The molecule has 0 aromatic rings. The molecule has 0 saturated carbocycles. The van der Waals surface area contributed by atoms with Crippen LogP contribution in [0, 0.1) is 0 Å². The van der Waals surface area contributed by atoms with Crippen LogP contribution in [0.25, 0.3) is 0 Å². The third-order valence-electron chi connectivity index (χ3n) is 2.81. The highest BCUT2D eigenvalue weighted by Gasteiger charge is 2.38. The molecule has 2 aliphatic rings. The zero-order chi connectivity index (χ0) is 8.39. The molecule has 0 aliphatic carbocycles. The van der Waals surface area contributed by atoms with E-state index in [0.29, 0.717) is 6.10 Å². The summed E-state index contributed by atoms with van der Waals surface area (Å²) < 4.78 is 5.54. The Hall–Kier alpha value is 0.270. The lowest BCUT2D eigenvalue weighted by Crippen LogP contribution is -2.37. The average molecular weight is 187 g/mol. The number of nitrogens with zero attached hydrogens (tertiary/aromatic N) is 1. The first-order valence-electron chi connectivity index (χ1n) is 4.74. The van der Waals surface area contributed by atoms with Crippen LogP contribution in [0.1, 0.15) is 12.8 Å². The number of fused-ring (bicyclic) bond motifs is 2. The quantitative estimate of drug-likeness (QED) is 0.614. The van der Waals surface area contributed by atoms with Crippen molar-refractivity contribution in [2.75, 3.05) is 31.7 Å². The van der Waals surface area contributed by atoms with Gasteiger partial charge in [0, 0.05) is 12.6 Å². The standard InChI is InChI=1S/C9H17NOS/c1-12-4-2-3-10-6-9-5-8(10)7-11-9/h8-9H,2-7H2,1H3. The lowest BCUT2D eigenvalue weighted by atomic mass is 10.2. The van der Waals surface area contributed by atoms with Crippen LogP contribution >= 0.6 is 11.8 Å². The van der Waals surface area contributed by atoms with Gasteiger partial charge in [-0.15, -0.1) is 0 Å². The van der Waals surface area contributed by atoms with Crippen molar-refractivity contribution in [3.05, 3.63) is 0 Å². The lowest BCUT2D eigenvalue weighted by Gasteiger charge is -2.26. The van der Waals surface area contributed by atoms with Crippen molar-refractivity contribution in [2.45, 2.75) is 25.0 Å². The predicted molar refractivity (Wildman–Crippen MR) is 52.7 cm³/mol. The number of hydrogen-bond acceptors (Lipinski definition) is 3. The highest BCUT2D eigenvalue weighted by atomic mass is 32.2. The van der Waals surface area contributed by atoms with E-state index in [2.05, 4.69) is 11.2 Å². The SMILES string of the molecule is CSCCCN1CC2CC1CO2. The van der Waals surface area contributed by atoms with Crippen LogP contribution in [0.4, 0.5) is 0 Å². The second-order valence-electron chi connectivity index (χ2n) is 3.69. The highest BCUT2D eigenvalue weighted by Crippen LogP contribution is 2.27. The van der Waals surface area contributed by atoms with E-state index in [4.69, 9.17) is 4.74 Å². The topological polar surface area (TPSA) is 12.5 Å². The summed E-state index contributed by atoms with van der Waals surface area (Å²) in [6.07, 6.45) is 5.38. The molecule has 0 N–H and O–H groups in total. The molecule has 2 nitrogen and oxygen atoms in total. The first kappa shape index (κ1) is 8.85. The second kappa shape index (κ2) is 3.99. The van der Waals surface area contributed by atoms with Gasteiger partial charge < -0.3 is 4.74 Å². The number of rotatable bonds is 4. The fourth-order valence-corrected chi connectivity index (χ4v) is 2.58. The third-order valence-corrected chi connectivity index (χ3v) is 3.50. The molecule has 2 unspecified atom stereocenters. The zero-order valence-electron chi connectivity index (χ0n) is 7.66. The third kappa shape index (κ3) is 1.78. The van der Waals surface area contributed by atoms with Gasteiger partial charge in [0.1, 0.15) is 0 Å². The van der Waals surface area contributed by atoms with E-state index in [0.717, 1.165) is 12.6 Å². The van der Waals surface area contributed by atoms with Crippen LogP contribution in [-0.2, 0) is 4.74 Å². The summed E-state index contributed by atoms with van der Waals surface area (Å²) in [5.74, 6) is 1.30. The molecule has 2 atom stereocenters. The number of thioether (sulfide) groups is 1. The van der Waals surface area contributed by atoms with E-state index in [1.807, 2.05) is 11.8 Å². The Kier molecular flexibility index (Phi) is 2.94. The van der Waals surface area contributed by atoms with E-state index in [9.17, 15) is 0 Å². The first-order valence-corrected chi connectivity index (χ1v) is 6.14. The van der Waals surface area contributed by atoms with Crippen molar-refractivity contribution in [3.63, 3.8) is 0 Å². The molecule has 3 heteroatoms. The van der Waals surface area contributed by atoms with Gasteiger partial charge in [0.05, 0.1) is 12.7 Å². The molecule has 2 heterocycles. The monoisotopic (exact) mass is 187 g/mol. The van der Waals surface area contributed by atoms with Gasteiger partial charge in [-0.2, -0.15) is 11.8 Å².